The number of phenols is 1. The molecule has 0 amide bonds. The zero-order valence-electron chi connectivity index (χ0n) is 20.1. The average Bonchev–Trinajstić information content (AvgIpc) is 2.87. The molecule has 8 nitrogen and oxygen atoms in total. The summed E-state index contributed by atoms with van der Waals surface area (Å²) in [5.74, 6) is 0.774. The maximum Gasteiger partial charge on any atom is 0.422 e. The number of rotatable bonds is 8. The van der Waals surface area contributed by atoms with Crippen LogP contribution in [0.3, 0.4) is 0 Å². The van der Waals surface area contributed by atoms with Gasteiger partial charge in [0.1, 0.15) is 5.75 Å². The van der Waals surface area contributed by atoms with E-state index in [9.17, 15) is 18.3 Å². The predicted molar refractivity (Wildman–Crippen MR) is 134 cm³/mol. The molecule has 1 aliphatic heterocycles. The molecule has 1 atom stereocenters. The second-order valence-corrected chi connectivity index (χ2v) is 8.31. The summed E-state index contributed by atoms with van der Waals surface area (Å²) in [5.41, 5.74) is 10.3. The van der Waals surface area contributed by atoms with E-state index in [1.807, 2.05) is 36.4 Å². The first-order valence-corrected chi connectivity index (χ1v) is 11.3. The highest BCUT2D eigenvalue weighted by molar-refractivity contribution is 5.90. The predicted octanol–water partition coefficient (Wildman–Crippen LogP) is 4.66. The van der Waals surface area contributed by atoms with Gasteiger partial charge in [-0.15, -0.1) is 0 Å². The van der Waals surface area contributed by atoms with Gasteiger partial charge in [-0.05, 0) is 54.5 Å². The van der Waals surface area contributed by atoms with Gasteiger partial charge < -0.3 is 30.9 Å². The lowest BCUT2D eigenvalue weighted by Gasteiger charge is -2.21. The van der Waals surface area contributed by atoms with E-state index in [2.05, 4.69) is 20.6 Å². The first kappa shape index (κ1) is 25.7. The first-order valence-electron chi connectivity index (χ1n) is 11.3. The minimum atomic E-state index is -4.41. The highest BCUT2D eigenvalue weighted by atomic mass is 19.4. The van der Waals surface area contributed by atoms with E-state index < -0.39 is 18.8 Å². The number of nitrogens with two attached hydrogens (primary N) is 1. The van der Waals surface area contributed by atoms with Crippen molar-refractivity contribution in [1.29, 1.82) is 0 Å². The summed E-state index contributed by atoms with van der Waals surface area (Å²) in [4.78, 5) is 8.67. The molecule has 194 valence electrons. The van der Waals surface area contributed by atoms with Crippen molar-refractivity contribution in [3.05, 3.63) is 83.2 Å². The minimum absolute atomic E-state index is 0.0138. The fourth-order valence-corrected chi connectivity index (χ4v) is 3.79. The smallest absolute Gasteiger partial charge is 0.422 e. The fourth-order valence-electron chi connectivity index (χ4n) is 3.79. The van der Waals surface area contributed by atoms with Gasteiger partial charge in [-0.25, -0.2) is 4.99 Å². The number of hydrogen-bond donors (Lipinski definition) is 4. The molecule has 0 aliphatic carbocycles. The molecule has 1 aromatic heterocycles. The number of ether oxygens (including phenoxy) is 2. The number of aromatic hydroxyl groups is 1. The lowest BCUT2D eigenvalue weighted by Crippen LogP contribution is -2.33. The number of guanidine groups is 1. The van der Waals surface area contributed by atoms with Crippen molar-refractivity contribution in [2.24, 2.45) is 10.7 Å². The third-order valence-corrected chi connectivity index (χ3v) is 5.72. The molecule has 0 spiro atoms. The summed E-state index contributed by atoms with van der Waals surface area (Å²) in [7, 11) is 1.48. The van der Waals surface area contributed by atoms with Crippen molar-refractivity contribution in [3.63, 3.8) is 0 Å². The van der Waals surface area contributed by atoms with Crippen molar-refractivity contribution < 1.29 is 27.8 Å². The molecule has 1 unspecified atom stereocenters. The Morgan fingerprint density at radius 3 is 2.54 bits per heavy atom. The van der Waals surface area contributed by atoms with Crippen molar-refractivity contribution >= 4 is 17.3 Å². The van der Waals surface area contributed by atoms with Crippen LogP contribution < -0.4 is 25.8 Å². The third-order valence-electron chi connectivity index (χ3n) is 5.72. The number of hydrogen-bond acceptors (Lipinski definition) is 8. The first-order chi connectivity index (χ1) is 17.6. The highest BCUT2D eigenvalue weighted by Crippen LogP contribution is 2.33. The summed E-state index contributed by atoms with van der Waals surface area (Å²) in [6.45, 7) is 0.620. The molecule has 2 aromatic carbocycles. The van der Waals surface area contributed by atoms with Gasteiger partial charge in [0, 0.05) is 23.1 Å². The monoisotopic (exact) mass is 513 g/mol. The lowest BCUT2D eigenvalue weighted by atomic mass is 10.0. The van der Waals surface area contributed by atoms with Gasteiger partial charge in [0.05, 0.1) is 25.4 Å². The van der Waals surface area contributed by atoms with Gasteiger partial charge >= 0.3 is 6.18 Å². The van der Waals surface area contributed by atoms with Crippen LogP contribution >= 0.6 is 0 Å². The van der Waals surface area contributed by atoms with E-state index in [0.29, 0.717) is 23.6 Å². The molecule has 1 aliphatic rings. The van der Waals surface area contributed by atoms with Gasteiger partial charge in [0.15, 0.2) is 24.1 Å². The number of anilines is 1. The lowest BCUT2D eigenvalue weighted by molar-refractivity contribution is -0.153. The van der Waals surface area contributed by atoms with E-state index in [1.165, 1.54) is 19.4 Å². The molecule has 0 bridgehead atoms. The van der Waals surface area contributed by atoms with Crippen LogP contribution in [0.1, 0.15) is 28.4 Å². The van der Waals surface area contributed by atoms with Crippen molar-refractivity contribution in [2.75, 3.05) is 19.0 Å². The van der Waals surface area contributed by atoms with Crippen molar-refractivity contribution in [2.45, 2.75) is 25.7 Å². The molecule has 37 heavy (non-hydrogen) atoms. The maximum atomic E-state index is 12.5. The molecule has 5 N–H and O–H groups in total. The van der Waals surface area contributed by atoms with Gasteiger partial charge in [-0.2, -0.15) is 13.2 Å². The van der Waals surface area contributed by atoms with Crippen LogP contribution in [-0.4, -0.2) is 35.9 Å². The molecule has 3 aromatic rings. The number of nitrogens with one attached hydrogen (secondary N) is 2. The molecule has 0 fully saturated rings. The van der Waals surface area contributed by atoms with Crippen LogP contribution in [0.25, 0.3) is 5.70 Å². The molecule has 11 heteroatoms. The van der Waals surface area contributed by atoms with Gasteiger partial charge in [-0.3, -0.25) is 4.98 Å². The summed E-state index contributed by atoms with van der Waals surface area (Å²) in [6, 6.07) is 13.6. The molecule has 0 radical (unpaired) electrons. The van der Waals surface area contributed by atoms with E-state index in [1.54, 1.807) is 19.1 Å². The molecule has 0 saturated carbocycles. The Morgan fingerprint density at radius 2 is 1.86 bits per heavy atom. The van der Waals surface area contributed by atoms with Crippen LogP contribution in [-0.2, 0) is 6.54 Å². The number of alkyl halides is 3. The van der Waals surface area contributed by atoms with Crippen molar-refractivity contribution in [1.82, 2.24) is 10.3 Å². The van der Waals surface area contributed by atoms with Crippen LogP contribution in [0, 0.1) is 6.92 Å². The Morgan fingerprint density at radius 1 is 1.11 bits per heavy atom. The van der Waals surface area contributed by atoms with Gasteiger partial charge in [0.2, 0.25) is 0 Å². The van der Waals surface area contributed by atoms with Crippen molar-refractivity contribution in [3.8, 4) is 17.2 Å². The number of halogens is 3. The topological polar surface area (TPSA) is 114 Å². The standard InChI is InChI=1S/C26H26F3N5O3/c1-15-21(31-10-9-23(15)37-14-26(27,28)29)13-32-18-6-3-16(4-7-18)19-12-20(34-25(30)33-19)17-5-8-24(36-2)22(35)11-17/h3-12,20,32,35H,13-14H2,1-2H3,(H3,30,33,34). The maximum absolute atomic E-state index is 12.5. The molecule has 0 saturated heterocycles. The summed E-state index contributed by atoms with van der Waals surface area (Å²) in [6.07, 6.45) is -1.09. The average molecular weight is 514 g/mol. The van der Waals surface area contributed by atoms with Crippen LogP contribution in [0.4, 0.5) is 18.9 Å². The summed E-state index contributed by atoms with van der Waals surface area (Å²) < 4.78 is 47.5. The number of aliphatic imine (C=N–C) groups is 1. The van der Waals surface area contributed by atoms with Crippen LogP contribution in [0.2, 0.25) is 0 Å². The third kappa shape index (κ3) is 6.43. The molecular formula is C26H26F3N5O3. The van der Waals surface area contributed by atoms with Gasteiger partial charge in [-0.1, -0.05) is 18.2 Å². The summed E-state index contributed by atoms with van der Waals surface area (Å²) in [5, 5.41) is 16.4. The number of pyridine rings is 1. The molecule has 2 heterocycles. The summed E-state index contributed by atoms with van der Waals surface area (Å²) >= 11 is 0. The van der Waals surface area contributed by atoms with E-state index >= 15 is 0 Å². The van der Waals surface area contributed by atoms with Crippen LogP contribution in [0.5, 0.6) is 17.2 Å². The van der Waals surface area contributed by atoms with Gasteiger partial charge in [0.25, 0.3) is 0 Å². The number of methoxy groups -OCH3 is 1. The number of benzene rings is 2. The Kier molecular flexibility index (Phi) is 7.42. The van der Waals surface area contributed by atoms with E-state index in [-0.39, 0.29) is 17.5 Å². The Balaban J connectivity index is 1.44. The zero-order chi connectivity index (χ0) is 26.6. The second-order valence-electron chi connectivity index (χ2n) is 8.31. The SMILES string of the molecule is COc1ccc(C2C=C(c3ccc(NCc4nccc(OCC(F)(F)F)c4C)cc3)NC(N)=N2)cc1O. The highest BCUT2D eigenvalue weighted by Gasteiger charge is 2.28. The minimum Gasteiger partial charge on any atom is -0.504 e. The number of phenolic OH excluding ortho intramolecular Hbond substituents is 1. The zero-order valence-corrected chi connectivity index (χ0v) is 20.1. The Hall–Kier alpha value is -4.41. The second kappa shape index (κ2) is 10.7. The van der Waals surface area contributed by atoms with E-state index in [0.717, 1.165) is 22.5 Å². The Labute approximate surface area is 211 Å². The van der Waals surface area contributed by atoms with Crippen LogP contribution in [0.15, 0.2) is 65.8 Å². The quantitative estimate of drug-likeness (QED) is 0.347. The Bertz CT molecular complexity index is 1320. The molecular weight excluding hydrogens is 487 g/mol. The van der Waals surface area contributed by atoms with E-state index in [4.69, 9.17) is 15.2 Å². The largest absolute Gasteiger partial charge is 0.504 e. The molecule has 4 rings (SSSR count). The number of nitrogens with zero attached hydrogens (tertiary/aromatic N) is 2. The number of aromatic nitrogens is 1. The fraction of sp³-hybridized carbons (Fsp3) is 0.231. The normalized spacial score (nSPS) is 15.3.